The first-order valence-corrected chi connectivity index (χ1v) is 8.52. The number of thioether (sulfide) groups is 1. The van der Waals surface area contributed by atoms with Crippen LogP contribution in [0.5, 0.6) is 5.75 Å². The van der Waals surface area contributed by atoms with Crippen LogP contribution in [0, 0.1) is 6.92 Å². The smallest absolute Gasteiger partial charge is 0.261 e. The predicted octanol–water partition coefficient (Wildman–Crippen LogP) is 4.32. The van der Waals surface area contributed by atoms with E-state index in [0.29, 0.717) is 17.3 Å². The lowest BCUT2D eigenvalue weighted by atomic mass is 10.0. The predicted molar refractivity (Wildman–Crippen MR) is 84.3 cm³/mol. The van der Waals surface area contributed by atoms with Crippen LogP contribution in [0.1, 0.15) is 43.5 Å². The van der Waals surface area contributed by atoms with Gasteiger partial charge in [0.2, 0.25) is 0 Å². The van der Waals surface area contributed by atoms with Crippen LogP contribution in [-0.4, -0.2) is 20.5 Å². The average Bonchev–Trinajstić information content (AvgIpc) is 2.98. The molecule has 0 aliphatic heterocycles. The average molecular weight is 304 g/mol. The summed E-state index contributed by atoms with van der Waals surface area (Å²) in [5.74, 6) is 2.10. The van der Waals surface area contributed by atoms with Gasteiger partial charge in [-0.3, -0.25) is 0 Å². The standard InChI is InChI=1S/C16H20N2O2S/c1-11-6-5-9-13(15(11)19)16-17-14(18-20-16)10-21-12-7-3-2-4-8-12/h5-6,9,12,19H,2-4,7-8,10H2,1H3. The number of aryl methyl sites for hydroxylation is 1. The van der Waals surface area contributed by atoms with Gasteiger partial charge in [0.05, 0.1) is 11.3 Å². The fourth-order valence-corrected chi connectivity index (χ4v) is 3.85. The van der Waals surface area contributed by atoms with Crippen molar-refractivity contribution in [2.45, 2.75) is 50.0 Å². The third kappa shape index (κ3) is 3.40. The Morgan fingerprint density at radius 1 is 1.29 bits per heavy atom. The molecule has 0 atom stereocenters. The highest BCUT2D eigenvalue weighted by Crippen LogP contribution is 2.32. The molecule has 1 N–H and O–H groups in total. The van der Waals surface area contributed by atoms with Crippen LogP contribution in [0.3, 0.4) is 0 Å². The number of aromatic nitrogens is 2. The first-order chi connectivity index (χ1) is 10.2. The number of para-hydroxylation sites is 1. The number of hydrogen-bond donors (Lipinski definition) is 1. The lowest BCUT2D eigenvalue weighted by Crippen LogP contribution is -2.08. The summed E-state index contributed by atoms with van der Waals surface area (Å²) in [6.45, 7) is 1.86. The van der Waals surface area contributed by atoms with Crippen LogP contribution in [0.25, 0.3) is 11.5 Å². The van der Waals surface area contributed by atoms with Crippen molar-refractivity contribution in [1.82, 2.24) is 10.1 Å². The van der Waals surface area contributed by atoms with E-state index in [1.807, 2.05) is 30.8 Å². The first-order valence-electron chi connectivity index (χ1n) is 7.47. The van der Waals surface area contributed by atoms with Crippen LogP contribution in [0.4, 0.5) is 0 Å². The summed E-state index contributed by atoms with van der Waals surface area (Å²) in [7, 11) is 0. The van der Waals surface area contributed by atoms with Crippen LogP contribution in [0.2, 0.25) is 0 Å². The van der Waals surface area contributed by atoms with E-state index in [1.165, 1.54) is 32.1 Å². The van der Waals surface area contributed by atoms with Gasteiger partial charge in [-0.05, 0) is 31.4 Å². The van der Waals surface area contributed by atoms with Crippen LogP contribution in [-0.2, 0) is 5.75 Å². The molecule has 3 rings (SSSR count). The Kier molecular flexibility index (Phi) is 4.48. The van der Waals surface area contributed by atoms with Gasteiger partial charge in [-0.2, -0.15) is 16.7 Å². The molecule has 5 heteroatoms. The van der Waals surface area contributed by atoms with Crippen molar-refractivity contribution < 1.29 is 9.63 Å². The molecule has 0 unspecified atom stereocenters. The fourth-order valence-electron chi connectivity index (χ4n) is 2.68. The minimum absolute atomic E-state index is 0.215. The summed E-state index contributed by atoms with van der Waals surface area (Å²) in [4.78, 5) is 4.41. The number of aromatic hydroxyl groups is 1. The zero-order valence-corrected chi connectivity index (χ0v) is 13.0. The van der Waals surface area contributed by atoms with Gasteiger partial charge in [-0.25, -0.2) is 0 Å². The third-order valence-electron chi connectivity index (χ3n) is 3.94. The number of benzene rings is 1. The summed E-state index contributed by atoms with van der Waals surface area (Å²) in [5, 5.41) is 14.8. The topological polar surface area (TPSA) is 59.2 Å². The summed E-state index contributed by atoms with van der Waals surface area (Å²) in [5.41, 5.74) is 1.42. The molecule has 21 heavy (non-hydrogen) atoms. The molecule has 0 spiro atoms. The number of nitrogens with zero attached hydrogens (tertiary/aromatic N) is 2. The molecule has 1 aliphatic rings. The van der Waals surface area contributed by atoms with Gasteiger partial charge in [-0.1, -0.05) is 36.6 Å². The minimum Gasteiger partial charge on any atom is -0.507 e. The molecule has 1 aromatic heterocycles. The van der Waals surface area contributed by atoms with Gasteiger partial charge in [0.15, 0.2) is 5.82 Å². The zero-order valence-electron chi connectivity index (χ0n) is 12.2. The second-order valence-electron chi connectivity index (χ2n) is 5.56. The molecule has 4 nitrogen and oxygen atoms in total. The summed E-state index contributed by atoms with van der Waals surface area (Å²) in [6, 6.07) is 5.54. The van der Waals surface area contributed by atoms with Gasteiger partial charge in [0.1, 0.15) is 5.75 Å². The van der Waals surface area contributed by atoms with Crippen molar-refractivity contribution in [3.8, 4) is 17.2 Å². The Labute approximate surface area is 129 Å². The minimum atomic E-state index is 0.215. The van der Waals surface area contributed by atoms with E-state index >= 15 is 0 Å². The summed E-state index contributed by atoms with van der Waals surface area (Å²) in [6.07, 6.45) is 6.65. The molecular formula is C16H20N2O2S. The van der Waals surface area contributed by atoms with E-state index in [4.69, 9.17) is 4.52 Å². The van der Waals surface area contributed by atoms with Crippen LogP contribution in [0.15, 0.2) is 22.7 Å². The number of phenols is 1. The molecule has 1 heterocycles. The summed E-state index contributed by atoms with van der Waals surface area (Å²) < 4.78 is 5.29. The molecule has 1 aliphatic carbocycles. The van der Waals surface area contributed by atoms with Crippen molar-refractivity contribution in [3.63, 3.8) is 0 Å². The highest BCUT2D eigenvalue weighted by atomic mass is 32.2. The van der Waals surface area contributed by atoms with Gasteiger partial charge in [0.25, 0.3) is 5.89 Å². The maximum absolute atomic E-state index is 10.1. The Bertz CT molecular complexity index is 606. The molecule has 0 bridgehead atoms. The Morgan fingerprint density at radius 2 is 2.10 bits per heavy atom. The van der Waals surface area contributed by atoms with Gasteiger partial charge < -0.3 is 9.63 Å². The molecule has 1 fully saturated rings. The van der Waals surface area contributed by atoms with Crippen LogP contribution >= 0.6 is 11.8 Å². The molecule has 1 aromatic carbocycles. The Balaban J connectivity index is 1.67. The maximum Gasteiger partial charge on any atom is 0.261 e. The second kappa shape index (κ2) is 6.52. The van der Waals surface area contributed by atoms with Gasteiger partial charge in [-0.15, -0.1) is 0 Å². The number of rotatable bonds is 4. The normalized spacial score (nSPS) is 16.2. The lowest BCUT2D eigenvalue weighted by molar-refractivity contribution is 0.419. The van der Waals surface area contributed by atoms with Gasteiger partial charge in [0, 0.05) is 5.25 Å². The SMILES string of the molecule is Cc1cccc(-c2nc(CSC3CCCCC3)no2)c1O. The van der Waals surface area contributed by atoms with E-state index in [2.05, 4.69) is 10.1 Å². The van der Waals surface area contributed by atoms with Crippen molar-refractivity contribution in [2.75, 3.05) is 0 Å². The van der Waals surface area contributed by atoms with Crippen molar-refractivity contribution >= 4 is 11.8 Å². The molecule has 1 saturated carbocycles. The van der Waals surface area contributed by atoms with Gasteiger partial charge >= 0.3 is 0 Å². The Morgan fingerprint density at radius 3 is 2.90 bits per heavy atom. The third-order valence-corrected chi connectivity index (χ3v) is 5.30. The summed E-state index contributed by atoms with van der Waals surface area (Å²) >= 11 is 1.92. The molecule has 0 saturated heterocycles. The zero-order chi connectivity index (χ0) is 14.7. The highest BCUT2D eigenvalue weighted by Gasteiger charge is 2.17. The fraction of sp³-hybridized carbons (Fsp3) is 0.500. The first kappa shape index (κ1) is 14.4. The van der Waals surface area contributed by atoms with E-state index < -0.39 is 0 Å². The van der Waals surface area contributed by atoms with Crippen molar-refractivity contribution in [3.05, 3.63) is 29.6 Å². The lowest BCUT2D eigenvalue weighted by Gasteiger charge is -2.19. The second-order valence-corrected chi connectivity index (χ2v) is 6.85. The molecule has 0 radical (unpaired) electrons. The largest absolute Gasteiger partial charge is 0.507 e. The number of phenolic OH excluding ortho intramolecular Hbond substituents is 1. The van der Waals surface area contributed by atoms with Crippen molar-refractivity contribution in [1.29, 1.82) is 0 Å². The monoisotopic (exact) mass is 304 g/mol. The molecule has 2 aromatic rings. The quantitative estimate of drug-likeness (QED) is 0.911. The highest BCUT2D eigenvalue weighted by molar-refractivity contribution is 7.99. The Hall–Kier alpha value is -1.49. The molecular weight excluding hydrogens is 284 g/mol. The van der Waals surface area contributed by atoms with E-state index in [9.17, 15) is 5.11 Å². The molecule has 0 amide bonds. The maximum atomic E-state index is 10.1. The van der Waals surface area contributed by atoms with Crippen molar-refractivity contribution in [2.24, 2.45) is 0 Å². The van der Waals surface area contributed by atoms with Crippen LogP contribution < -0.4 is 0 Å². The van der Waals surface area contributed by atoms with E-state index in [1.54, 1.807) is 6.07 Å². The number of hydrogen-bond acceptors (Lipinski definition) is 5. The van der Waals surface area contributed by atoms with E-state index in [0.717, 1.165) is 16.6 Å². The van der Waals surface area contributed by atoms with E-state index in [-0.39, 0.29) is 5.75 Å². The molecule has 112 valence electrons.